The van der Waals surface area contributed by atoms with E-state index in [-0.39, 0.29) is 52.9 Å². The van der Waals surface area contributed by atoms with E-state index in [1.807, 2.05) is 0 Å². The Bertz CT molecular complexity index is 3500. The molecule has 0 aliphatic carbocycles. The van der Waals surface area contributed by atoms with Gasteiger partial charge < -0.3 is 68.7 Å². The number of fused-ring (bicyclic) bond motifs is 8. The van der Waals surface area contributed by atoms with Gasteiger partial charge in [-0.2, -0.15) is 0 Å². The van der Waals surface area contributed by atoms with Crippen molar-refractivity contribution < 1.29 is 92.3 Å². The standard InChI is InChI=1S/C33H30O16.3C15H24N2O/c1-44-21-10-15(2-4-18(21)35)31-24(14-45-27(41)8-6-25(37)38)46-20-5-3-16(11-22(20)47-31)32-33(49-28(42)9-7-26(39)40)30(43)29-19(36)12-17(34)13-23(29)48-32;3*18-15-9-3-7-13-14-8-2-5-11-4-1-6-12(17(11)14)10-16(13)15/h2-5,10-13,24,31-36H,6-9,14H2,1H3,(H,37,38)(H,39,40);3*11-14H,1-10H2. The maximum Gasteiger partial charge on any atom is 0.307 e. The number of phenolic OH excluding ortho intramolecular Hbond substituents is 3. The second-order valence-corrected chi connectivity index (χ2v) is 31.0. The molecular formula is C78H102N6O19. The summed E-state index contributed by atoms with van der Waals surface area (Å²) in [6.45, 7) is 2.76. The summed E-state index contributed by atoms with van der Waals surface area (Å²) in [5.74, 6) is -4.85. The minimum Gasteiger partial charge on any atom is -0.508 e. The van der Waals surface area contributed by atoms with Gasteiger partial charge in [0, 0.05) is 135 Å². The number of hydrogen-bond acceptors (Lipinski definition) is 20. The van der Waals surface area contributed by atoms with E-state index in [0.29, 0.717) is 77.7 Å². The fraction of sp³-hybridized carbons (Fsp3) is 0.667. The predicted octanol–water partition coefficient (Wildman–Crippen LogP) is 9.66. The smallest absolute Gasteiger partial charge is 0.307 e. The molecule has 25 nitrogen and oxygen atoms in total. The molecular weight excluding hydrogens is 1320 g/mol. The number of esters is 2. The van der Waals surface area contributed by atoms with Crippen molar-refractivity contribution in [2.45, 2.75) is 296 Å². The van der Waals surface area contributed by atoms with Crippen LogP contribution in [0, 0.1) is 0 Å². The third-order valence-corrected chi connectivity index (χ3v) is 25.0. The van der Waals surface area contributed by atoms with Crippen LogP contribution >= 0.6 is 0 Å². The third-order valence-electron chi connectivity index (χ3n) is 25.0. The van der Waals surface area contributed by atoms with Crippen LogP contribution in [0.4, 0.5) is 0 Å². The number of rotatable bonds is 12. The Kier molecular flexibility index (Phi) is 22.0. The van der Waals surface area contributed by atoms with E-state index in [1.165, 1.54) is 178 Å². The molecule has 17 rings (SSSR count). The van der Waals surface area contributed by atoms with E-state index in [0.717, 1.165) is 88.4 Å². The maximum atomic E-state index is 13.6. The van der Waals surface area contributed by atoms with Gasteiger partial charge in [0.2, 0.25) is 29.6 Å². The molecule has 103 heavy (non-hydrogen) atoms. The van der Waals surface area contributed by atoms with E-state index in [1.54, 1.807) is 0 Å². The second-order valence-electron chi connectivity index (χ2n) is 31.0. The van der Waals surface area contributed by atoms with Crippen LogP contribution in [0.25, 0.3) is 0 Å². The van der Waals surface area contributed by atoms with Crippen molar-refractivity contribution in [2.75, 3.05) is 33.4 Å². The number of phenols is 3. The van der Waals surface area contributed by atoms with Gasteiger partial charge in [0.05, 0.1) is 32.8 Å². The average Bonchev–Trinajstić information content (AvgIpc) is 0.769. The van der Waals surface area contributed by atoms with Crippen molar-refractivity contribution in [3.8, 4) is 40.2 Å². The summed E-state index contributed by atoms with van der Waals surface area (Å²) in [5, 5.41) is 48.4. The zero-order valence-corrected chi connectivity index (χ0v) is 59.2. The summed E-state index contributed by atoms with van der Waals surface area (Å²) in [6, 6.07) is 19.1. The molecule has 16 atom stereocenters. The lowest BCUT2D eigenvalue weighted by atomic mass is 9.77. The van der Waals surface area contributed by atoms with Crippen molar-refractivity contribution in [2.24, 2.45) is 0 Å². The van der Waals surface area contributed by atoms with Crippen LogP contribution < -0.4 is 18.9 Å². The molecule has 0 bridgehead atoms. The van der Waals surface area contributed by atoms with Crippen LogP contribution in [0.2, 0.25) is 0 Å². The van der Waals surface area contributed by atoms with E-state index in [2.05, 4.69) is 29.4 Å². The van der Waals surface area contributed by atoms with Crippen LogP contribution in [-0.2, 0) is 43.0 Å². The minimum absolute atomic E-state index is 0.0968. The summed E-state index contributed by atoms with van der Waals surface area (Å²) < 4.78 is 34.3. The summed E-state index contributed by atoms with van der Waals surface area (Å²) in [4.78, 5) is 112. The maximum absolute atomic E-state index is 13.6. The van der Waals surface area contributed by atoms with E-state index in [4.69, 9.17) is 38.6 Å². The van der Waals surface area contributed by atoms with Crippen molar-refractivity contribution in [1.82, 2.24) is 29.4 Å². The van der Waals surface area contributed by atoms with E-state index < -0.39 is 84.8 Å². The quantitative estimate of drug-likeness (QED) is 0.105. The normalized spacial score (nSPS) is 32.4. The van der Waals surface area contributed by atoms with Gasteiger partial charge in [0.15, 0.2) is 41.3 Å². The van der Waals surface area contributed by atoms with Gasteiger partial charge in [0.25, 0.3) is 0 Å². The first-order valence-corrected chi connectivity index (χ1v) is 38.5. The number of benzene rings is 3. The number of carboxylic acids is 2. The SMILES string of the molecule is COc1cc(C2Oc3cc(C4Oc5cc(O)cc(O)c5C(=O)C4OC(=O)CCC(=O)O)ccc3OC2COC(=O)CCC(=O)O)ccc1O.O=C1CCCC2C3CCCC4CCCC(CN12)N43.O=C1CCCC2C3CCCC4CCCC(CN12)N43.O=C1CCCC2C3CCCC4CCCC(CN12)N43. The Morgan fingerprint density at radius 3 is 1.37 bits per heavy atom. The van der Waals surface area contributed by atoms with Crippen molar-refractivity contribution in [3.05, 3.63) is 65.2 Å². The number of amides is 3. The lowest BCUT2D eigenvalue weighted by molar-refractivity contribution is -0.154. The number of nitrogens with zero attached hydrogens (tertiary/aromatic N) is 6. The second kappa shape index (κ2) is 31.4. The number of piperazine rings is 3. The zero-order chi connectivity index (χ0) is 71.7. The van der Waals surface area contributed by atoms with Crippen molar-refractivity contribution >= 4 is 47.4 Å². The van der Waals surface area contributed by atoms with Gasteiger partial charge >= 0.3 is 23.9 Å². The Balaban J connectivity index is 0.000000133. The number of carbonyl (C=O) groups excluding carboxylic acids is 6. The summed E-state index contributed by atoms with van der Waals surface area (Å²) in [7, 11) is 1.34. The lowest BCUT2D eigenvalue weighted by Crippen LogP contribution is -2.70. The van der Waals surface area contributed by atoms with Crippen LogP contribution in [0.3, 0.4) is 0 Å². The zero-order valence-electron chi connectivity index (χ0n) is 59.2. The number of hydrogen-bond donors (Lipinski definition) is 5. The van der Waals surface area contributed by atoms with Crippen molar-refractivity contribution in [1.29, 1.82) is 0 Å². The number of Topliss-reactive ketones (excluding diaryl/α,β-unsaturated/α-hetero) is 1. The Morgan fingerprint density at radius 2 is 0.883 bits per heavy atom. The number of aromatic hydroxyl groups is 3. The van der Waals surface area contributed by atoms with Crippen LogP contribution in [0.1, 0.15) is 233 Å². The first-order chi connectivity index (χ1) is 49.9. The number of aliphatic carboxylic acids is 2. The van der Waals surface area contributed by atoms with Crippen LogP contribution in [0.15, 0.2) is 48.5 Å². The van der Waals surface area contributed by atoms with Crippen LogP contribution in [-0.4, -0.2) is 220 Å². The molecule has 14 heterocycles. The molecule has 0 spiro atoms. The average molecular weight is 1430 g/mol. The fourth-order valence-electron chi connectivity index (χ4n) is 20.6. The van der Waals surface area contributed by atoms with Gasteiger partial charge in [0.1, 0.15) is 29.4 Å². The molecule has 12 saturated heterocycles. The number of methoxy groups -OCH3 is 1. The molecule has 3 aromatic carbocycles. The Hall–Kier alpha value is -7.90. The molecule has 558 valence electrons. The lowest BCUT2D eigenvalue weighted by Gasteiger charge is -2.59. The topological polar surface area (TPSA) is 313 Å². The molecule has 0 radical (unpaired) electrons. The monoisotopic (exact) mass is 1430 g/mol. The summed E-state index contributed by atoms with van der Waals surface area (Å²) in [6.07, 6.45) is 27.3. The Morgan fingerprint density at radius 1 is 0.447 bits per heavy atom. The first-order valence-electron chi connectivity index (χ1n) is 38.5. The highest BCUT2D eigenvalue weighted by Crippen LogP contribution is 2.50. The number of carboxylic acid groups (broad SMARTS) is 2. The minimum atomic E-state index is -1.69. The van der Waals surface area contributed by atoms with Crippen molar-refractivity contribution in [3.63, 3.8) is 0 Å². The molecule has 5 N–H and O–H groups in total. The molecule has 25 heteroatoms. The highest BCUT2D eigenvalue weighted by atomic mass is 16.6. The van der Waals surface area contributed by atoms with Gasteiger partial charge in [-0.25, -0.2) is 0 Å². The summed E-state index contributed by atoms with van der Waals surface area (Å²) in [5.41, 5.74) is 0.275. The highest BCUT2D eigenvalue weighted by molar-refractivity contribution is 6.06. The Labute approximate surface area is 601 Å². The predicted molar refractivity (Wildman–Crippen MR) is 372 cm³/mol. The first kappa shape index (κ1) is 72.1. The summed E-state index contributed by atoms with van der Waals surface area (Å²) >= 11 is 0. The molecule has 12 fully saturated rings. The van der Waals surface area contributed by atoms with Crippen LogP contribution in [0.5, 0.6) is 40.2 Å². The van der Waals surface area contributed by atoms with E-state index in [9.17, 15) is 53.7 Å². The largest absolute Gasteiger partial charge is 0.508 e. The van der Waals surface area contributed by atoms with E-state index >= 15 is 0 Å². The van der Waals surface area contributed by atoms with Gasteiger partial charge in [-0.1, -0.05) is 50.7 Å². The van der Waals surface area contributed by atoms with Gasteiger partial charge in [-0.05, 0) is 140 Å². The van der Waals surface area contributed by atoms with Gasteiger partial charge in [-0.15, -0.1) is 0 Å². The molecule has 0 aromatic heterocycles. The number of ketones is 1. The molecule has 14 aliphatic rings. The number of piperidine rings is 9. The third kappa shape index (κ3) is 15.2. The molecule has 0 saturated carbocycles. The number of carbonyl (C=O) groups is 8. The fourth-order valence-corrected chi connectivity index (χ4v) is 20.6. The highest BCUT2D eigenvalue weighted by Gasteiger charge is 2.53. The molecule has 3 amide bonds. The molecule has 3 aromatic rings. The molecule has 16 unspecified atom stereocenters. The number of ether oxygens (including phenoxy) is 6. The molecule has 14 aliphatic heterocycles. The van der Waals surface area contributed by atoms with Gasteiger partial charge in [-0.3, -0.25) is 53.1 Å².